The van der Waals surface area contributed by atoms with Gasteiger partial charge in [-0.2, -0.15) is 5.10 Å². The van der Waals surface area contributed by atoms with E-state index >= 15 is 0 Å². The highest BCUT2D eigenvalue weighted by Crippen LogP contribution is 2.14. The van der Waals surface area contributed by atoms with Gasteiger partial charge < -0.3 is 10.4 Å². The molecule has 1 aromatic carbocycles. The van der Waals surface area contributed by atoms with Gasteiger partial charge in [0, 0.05) is 19.3 Å². The fourth-order valence-electron chi connectivity index (χ4n) is 2.65. The zero-order chi connectivity index (χ0) is 16.7. The van der Waals surface area contributed by atoms with Gasteiger partial charge in [0.25, 0.3) is 5.91 Å². The Morgan fingerprint density at radius 1 is 1.26 bits per heavy atom. The van der Waals surface area contributed by atoms with Crippen molar-refractivity contribution in [2.24, 2.45) is 11.8 Å². The van der Waals surface area contributed by atoms with Crippen LogP contribution in [0.5, 0.6) is 0 Å². The van der Waals surface area contributed by atoms with E-state index in [2.05, 4.69) is 24.3 Å². The highest BCUT2D eigenvalue weighted by molar-refractivity contribution is 5.92. The van der Waals surface area contributed by atoms with Gasteiger partial charge in [0.05, 0.1) is 5.69 Å². The maximum Gasteiger partial charge on any atom is 0.271 e. The summed E-state index contributed by atoms with van der Waals surface area (Å²) in [5.41, 5.74) is 1.32. The van der Waals surface area contributed by atoms with Crippen LogP contribution in [-0.2, 0) is 0 Å². The minimum absolute atomic E-state index is 0.149. The van der Waals surface area contributed by atoms with Gasteiger partial charge in [-0.3, -0.25) is 4.79 Å². The lowest BCUT2D eigenvalue weighted by Crippen LogP contribution is -2.30. The number of benzene rings is 1. The van der Waals surface area contributed by atoms with Gasteiger partial charge >= 0.3 is 0 Å². The molecule has 0 aliphatic heterocycles. The third-order valence-electron chi connectivity index (χ3n) is 3.74. The number of carbonyl (C=O) groups is 1. The number of aliphatic hydroxyl groups excluding tert-OH is 1. The second-order valence-corrected chi connectivity index (χ2v) is 6.20. The molecule has 2 N–H and O–H groups in total. The molecule has 124 valence electrons. The van der Waals surface area contributed by atoms with E-state index in [-0.39, 0.29) is 12.5 Å². The Morgan fingerprint density at radius 3 is 2.65 bits per heavy atom. The van der Waals surface area contributed by atoms with Crippen molar-refractivity contribution in [1.82, 2.24) is 15.1 Å². The number of aromatic nitrogens is 2. The number of carbonyl (C=O) groups excluding carboxylic acids is 1. The van der Waals surface area contributed by atoms with E-state index < -0.39 is 0 Å². The minimum atomic E-state index is -0.175. The molecule has 0 radical (unpaired) electrons. The summed E-state index contributed by atoms with van der Waals surface area (Å²) in [6.45, 7) is 5.01. The Kier molecular flexibility index (Phi) is 6.35. The molecular weight excluding hydrogens is 290 g/mol. The number of hydrogen-bond donors (Lipinski definition) is 2. The topological polar surface area (TPSA) is 67.2 Å². The molecule has 5 nitrogen and oxygen atoms in total. The molecule has 0 fully saturated rings. The number of hydrogen-bond acceptors (Lipinski definition) is 3. The van der Waals surface area contributed by atoms with Crippen molar-refractivity contribution >= 4 is 5.91 Å². The van der Waals surface area contributed by atoms with Crippen molar-refractivity contribution in [3.63, 3.8) is 0 Å². The average Bonchev–Trinajstić information content (AvgIpc) is 3.03. The Labute approximate surface area is 137 Å². The molecule has 2 rings (SSSR count). The molecule has 23 heavy (non-hydrogen) atoms. The second-order valence-electron chi connectivity index (χ2n) is 6.20. The van der Waals surface area contributed by atoms with E-state index in [0.717, 1.165) is 12.1 Å². The average molecular weight is 315 g/mol. The predicted octanol–water partition coefficient (Wildman–Crippen LogP) is 2.65. The highest BCUT2D eigenvalue weighted by atomic mass is 16.3. The van der Waals surface area contributed by atoms with Crippen LogP contribution in [0.25, 0.3) is 5.69 Å². The summed E-state index contributed by atoms with van der Waals surface area (Å²) in [4.78, 5) is 12.2. The summed E-state index contributed by atoms with van der Waals surface area (Å²) < 4.78 is 1.69. The van der Waals surface area contributed by atoms with E-state index in [0.29, 0.717) is 30.5 Å². The van der Waals surface area contributed by atoms with Crippen LogP contribution in [0.1, 0.15) is 37.2 Å². The van der Waals surface area contributed by atoms with Gasteiger partial charge in [0.2, 0.25) is 0 Å². The fourth-order valence-corrected chi connectivity index (χ4v) is 2.65. The van der Waals surface area contributed by atoms with Crippen LogP contribution in [0.15, 0.2) is 42.6 Å². The van der Waals surface area contributed by atoms with Gasteiger partial charge in [-0.1, -0.05) is 32.0 Å². The lowest BCUT2D eigenvalue weighted by molar-refractivity contribution is 0.0936. The molecule has 2 aromatic rings. The van der Waals surface area contributed by atoms with Crippen molar-refractivity contribution in [2.45, 2.75) is 26.7 Å². The number of amides is 1. The zero-order valence-corrected chi connectivity index (χ0v) is 13.8. The third-order valence-corrected chi connectivity index (χ3v) is 3.74. The quantitative estimate of drug-likeness (QED) is 0.787. The van der Waals surface area contributed by atoms with Gasteiger partial charge in [-0.05, 0) is 42.9 Å². The Bertz CT molecular complexity index is 608. The normalized spacial score (nSPS) is 12.3. The summed E-state index contributed by atoms with van der Waals surface area (Å²) in [7, 11) is 0. The largest absolute Gasteiger partial charge is 0.396 e. The van der Waals surface area contributed by atoms with Crippen molar-refractivity contribution in [3.05, 3.63) is 48.3 Å². The molecule has 0 aliphatic carbocycles. The van der Waals surface area contributed by atoms with Crippen molar-refractivity contribution in [2.75, 3.05) is 13.2 Å². The van der Waals surface area contributed by atoms with Crippen LogP contribution >= 0.6 is 0 Å². The number of aliphatic hydroxyl groups is 1. The molecule has 5 heteroatoms. The van der Waals surface area contributed by atoms with Gasteiger partial charge in [0.1, 0.15) is 0 Å². The van der Waals surface area contributed by atoms with Crippen LogP contribution in [-0.4, -0.2) is 33.9 Å². The van der Waals surface area contributed by atoms with Crippen molar-refractivity contribution in [3.8, 4) is 5.69 Å². The van der Waals surface area contributed by atoms with Crippen molar-refractivity contribution in [1.29, 1.82) is 0 Å². The van der Waals surface area contributed by atoms with E-state index in [1.165, 1.54) is 0 Å². The molecule has 1 unspecified atom stereocenters. The van der Waals surface area contributed by atoms with E-state index in [1.54, 1.807) is 16.9 Å². The number of rotatable bonds is 8. The molecule has 0 spiro atoms. The lowest BCUT2D eigenvalue weighted by Gasteiger charge is -2.18. The number of para-hydroxylation sites is 1. The van der Waals surface area contributed by atoms with Crippen LogP contribution in [0, 0.1) is 11.8 Å². The maximum atomic E-state index is 12.2. The molecular formula is C18H25N3O2. The summed E-state index contributed by atoms with van der Waals surface area (Å²) in [6.07, 6.45) is 3.47. The zero-order valence-electron chi connectivity index (χ0n) is 13.8. The first kappa shape index (κ1) is 17.2. The van der Waals surface area contributed by atoms with Gasteiger partial charge in [0.15, 0.2) is 5.69 Å². The first-order valence-corrected chi connectivity index (χ1v) is 8.10. The van der Waals surface area contributed by atoms with E-state index in [4.69, 9.17) is 5.11 Å². The van der Waals surface area contributed by atoms with Crippen molar-refractivity contribution < 1.29 is 9.90 Å². The summed E-state index contributed by atoms with van der Waals surface area (Å²) in [5, 5.41) is 16.4. The molecule has 1 aromatic heterocycles. The number of nitrogens with zero attached hydrogens (tertiary/aromatic N) is 2. The second kappa shape index (κ2) is 8.48. The summed E-state index contributed by atoms with van der Waals surface area (Å²) in [5.74, 6) is 0.660. The standard InChI is InChI=1S/C18H25N3O2/c1-14(2)12-15(9-11-22)13-19-18(23)17-8-10-21(20-17)16-6-4-3-5-7-16/h3-8,10,14-15,22H,9,11-13H2,1-2H3,(H,19,23). The van der Waals surface area contributed by atoms with E-state index in [9.17, 15) is 4.79 Å². The molecule has 0 bridgehead atoms. The molecule has 1 atom stereocenters. The summed E-state index contributed by atoms with van der Waals surface area (Å²) in [6, 6.07) is 11.4. The van der Waals surface area contributed by atoms with Crippen LogP contribution in [0.3, 0.4) is 0 Å². The van der Waals surface area contributed by atoms with Gasteiger partial charge in [-0.15, -0.1) is 0 Å². The van der Waals surface area contributed by atoms with Crippen LogP contribution in [0.2, 0.25) is 0 Å². The number of nitrogens with one attached hydrogen (secondary N) is 1. The summed E-state index contributed by atoms with van der Waals surface area (Å²) >= 11 is 0. The first-order chi connectivity index (χ1) is 11.1. The van der Waals surface area contributed by atoms with E-state index in [1.807, 2.05) is 30.3 Å². The molecule has 1 amide bonds. The molecule has 0 saturated heterocycles. The maximum absolute atomic E-state index is 12.2. The van der Waals surface area contributed by atoms with Crippen LogP contribution in [0.4, 0.5) is 0 Å². The highest BCUT2D eigenvalue weighted by Gasteiger charge is 2.14. The molecule has 0 aliphatic rings. The Balaban J connectivity index is 1.94. The Hall–Kier alpha value is -2.14. The molecule has 1 heterocycles. The SMILES string of the molecule is CC(C)CC(CCO)CNC(=O)c1ccn(-c2ccccc2)n1. The fraction of sp³-hybridized carbons (Fsp3) is 0.444. The Morgan fingerprint density at radius 2 is 2.00 bits per heavy atom. The smallest absolute Gasteiger partial charge is 0.271 e. The molecule has 0 saturated carbocycles. The van der Waals surface area contributed by atoms with Gasteiger partial charge in [-0.25, -0.2) is 4.68 Å². The first-order valence-electron chi connectivity index (χ1n) is 8.10. The third kappa shape index (κ3) is 5.21. The lowest BCUT2D eigenvalue weighted by atomic mass is 9.94. The predicted molar refractivity (Wildman–Crippen MR) is 90.5 cm³/mol. The van der Waals surface area contributed by atoms with Crippen LogP contribution < -0.4 is 5.32 Å². The monoisotopic (exact) mass is 315 g/mol. The minimum Gasteiger partial charge on any atom is -0.396 e.